The number of ether oxygens (including phenoxy) is 1. The van der Waals surface area contributed by atoms with Gasteiger partial charge in [0.2, 0.25) is 0 Å². The highest BCUT2D eigenvalue weighted by molar-refractivity contribution is 6.30. The van der Waals surface area contributed by atoms with Crippen molar-refractivity contribution < 1.29 is 4.74 Å². The first kappa shape index (κ1) is 15.2. The maximum absolute atomic E-state index is 6.03. The number of hydrogen-bond acceptors (Lipinski definition) is 4. The smallest absolute Gasteiger partial charge is 0.177 e. The van der Waals surface area contributed by atoms with E-state index in [0.29, 0.717) is 13.2 Å². The van der Waals surface area contributed by atoms with Crippen LogP contribution in [0.2, 0.25) is 5.02 Å². The molecule has 0 unspecified atom stereocenters. The van der Waals surface area contributed by atoms with Gasteiger partial charge in [-0.2, -0.15) is 0 Å². The van der Waals surface area contributed by atoms with Gasteiger partial charge in [0.15, 0.2) is 6.23 Å². The van der Waals surface area contributed by atoms with Crippen LogP contribution in [-0.2, 0) is 11.3 Å². The van der Waals surface area contributed by atoms with Crippen LogP contribution in [0.1, 0.15) is 17.5 Å². The SMILES string of the molecule is Clc1cccc(Cn2cc([C@@H]3OCCN3c3ccccc3)nn2)c1. The van der Waals surface area contributed by atoms with Crippen molar-refractivity contribution in [1.82, 2.24) is 15.0 Å². The molecule has 3 aromatic rings. The fraction of sp³-hybridized carbons (Fsp3) is 0.222. The number of rotatable bonds is 4. The van der Waals surface area contributed by atoms with Crippen molar-refractivity contribution in [1.29, 1.82) is 0 Å². The maximum Gasteiger partial charge on any atom is 0.177 e. The average Bonchev–Trinajstić information content (AvgIpc) is 3.24. The van der Waals surface area contributed by atoms with Gasteiger partial charge in [-0.15, -0.1) is 5.10 Å². The molecule has 1 fully saturated rings. The third-order valence-electron chi connectivity index (χ3n) is 4.02. The Kier molecular flexibility index (Phi) is 4.19. The van der Waals surface area contributed by atoms with Crippen molar-refractivity contribution >= 4 is 17.3 Å². The molecule has 24 heavy (non-hydrogen) atoms. The lowest BCUT2D eigenvalue weighted by Gasteiger charge is -2.23. The molecule has 0 bridgehead atoms. The molecule has 1 atom stereocenters. The number of hydrogen-bond donors (Lipinski definition) is 0. The zero-order chi connectivity index (χ0) is 16.4. The van der Waals surface area contributed by atoms with E-state index in [9.17, 15) is 0 Å². The molecule has 2 aromatic carbocycles. The molecule has 4 rings (SSSR count). The van der Waals surface area contributed by atoms with Crippen LogP contribution in [0.4, 0.5) is 5.69 Å². The van der Waals surface area contributed by atoms with Crippen LogP contribution in [0.5, 0.6) is 0 Å². The monoisotopic (exact) mass is 340 g/mol. The molecule has 5 nitrogen and oxygen atoms in total. The Labute approximate surface area is 145 Å². The normalized spacial score (nSPS) is 17.4. The van der Waals surface area contributed by atoms with E-state index in [1.54, 1.807) is 0 Å². The topological polar surface area (TPSA) is 43.2 Å². The third-order valence-corrected chi connectivity index (χ3v) is 4.26. The largest absolute Gasteiger partial charge is 0.350 e. The zero-order valence-electron chi connectivity index (χ0n) is 13.0. The van der Waals surface area contributed by atoms with Gasteiger partial charge < -0.3 is 9.64 Å². The summed E-state index contributed by atoms with van der Waals surface area (Å²) in [6, 6.07) is 18.0. The predicted octanol–water partition coefficient (Wildman–Crippen LogP) is 3.52. The molecule has 0 spiro atoms. The minimum absolute atomic E-state index is 0.194. The molecule has 1 saturated heterocycles. The number of nitrogens with zero attached hydrogens (tertiary/aromatic N) is 4. The first-order valence-corrected chi connectivity index (χ1v) is 8.25. The van der Waals surface area contributed by atoms with Gasteiger partial charge in [0, 0.05) is 17.3 Å². The molecule has 1 aliphatic heterocycles. The lowest BCUT2D eigenvalue weighted by molar-refractivity contribution is 0.110. The number of aromatic nitrogens is 3. The summed E-state index contributed by atoms with van der Waals surface area (Å²) in [4.78, 5) is 2.20. The minimum atomic E-state index is -0.194. The molecule has 122 valence electrons. The summed E-state index contributed by atoms with van der Waals surface area (Å²) in [6.07, 6.45) is 1.74. The molecule has 0 saturated carbocycles. The van der Waals surface area contributed by atoms with Crippen molar-refractivity contribution in [2.75, 3.05) is 18.1 Å². The summed E-state index contributed by atoms with van der Waals surface area (Å²) in [7, 11) is 0. The van der Waals surface area contributed by atoms with Gasteiger partial charge in [0.1, 0.15) is 5.69 Å². The molecule has 6 heteroatoms. The van der Waals surface area contributed by atoms with Crippen molar-refractivity contribution in [2.24, 2.45) is 0 Å². The minimum Gasteiger partial charge on any atom is -0.350 e. The van der Waals surface area contributed by atoms with Crippen molar-refractivity contribution in [2.45, 2.75) is 12.8 Å². The summed E-state index contributed by atoms with van der Waals surface area (Å²) in [5, 5.41) is 9.26. The van der Waals surface area contributed by atoms with Gasteiger partial charge >= 0.3 is 0 Å². The Morgan fingerprint density at radius 2 is 2.00 bits per heavy atom. The van der Waals surface area contributed by atoms with E-state index in [1.165, 1.54) is 0 Å². The first-order valence-electron chi connectivity index (χ1n) is 7.87. The van der Waals surface area contributed by atoms with Crippen LogP contribution in [0.3, 0.4) is 0 Å². The molecule has 1 aromatic heterocycles. The second kappa shape index (κ2) is 6.63. The standard InChI is InChI=1S/C18H17ClN4O/c19-15-6-4-5-14(11-15)12-22-13-17(20-21-22)18-23(9-10-24-18)16-7-2-1-3-8-16/h1-8,11,13,18H,9-10,12H2/t18-/m0/s1. The number of para-hydroxylation sites is 1. The fourth-order valence-electron chi connectivity index (χ4n) is 2.93. The Balaban J connectivity index is 1.54. The van der Waals surface area contributed by atoms with Crippen molar-refractivity contribution in [3.63, 3.8) is 0 Å². The lowest BCUT2D eigenvalue weighted by Crippen LogP contribution is -2.23. The third kappa shape index (κ3) is 3.13. The average molecular weight is 341 g/mol. The second-order valence-electron chi connectivity index (χ2n) is 5.72. The molecule has 0 amide bonds. The zero-order valence-corrected chi connectivity index (χ0v) is 13.8. The fourth-order valence-corrected chi connectivity index (χ4v) is 3.14. The summed E-state index contributed by atoms with van der Waals surface area (Å²) in [5.74, 6) is 0. The highest BCUT2D eigenvalue weighted by Crippen LogP contribution is 2.30. The van der Waals surface area contributed by atoms with Gasteiger partial charge in [0.25, 0.3) is 0 Å². The van der Waals surface area contributed by atoms with Crippen LogP contribution in [-0.4, -0.2) is 28.1 Å². The van der Waals surface area contributed by atoms with Crippen LogP contribution < -0.4 is 4.90 Å². The van der Waals surface area contributed by atoms with Crippen LogP contribution >= 0.6 is 11.6 Å². The predicted molar refractivity (Wildman–Crippen MR) is 93.1 cm³/mol. The highest BCUT2D eigenvalue weighted by Gasteiger charge is 2.29. The first-order chi connectivity index (χ1) is 11.8. The van der Waals surface area contributed by atoms with Crippen LogP contribution in [0.15, 0.2) is 60.8 Å². The Morgan fingerprint density at radius 1 is 1.12 bits per heavy atom. The number of anilines is 1. The molecule has 0 aliphatic carbocycles. The van der Waals surface area contributed by atoms with E-state index in [2.05, 4.69) is 27.3 Å². The molecule has 2 heterocycles. The molecule has 1 aliphatic rings. The number of benzene rings is 2. The van der Waals surface area contributed by atoms with Crippen molar-refractivity contribution in [3.8, 4) is 0 Å². The van der Waals surface area contributed by atoms with Crippen LogP contribution in [0, 0.1) is 0 Å². The van der Waals surface area contributed by atoms with E-state index in [1.807, 2.05) is 53.3 Å². The quantitative estimate of drug-likeness (QED) is 0.729. The van der Waals surface area contributed by atoms with E-state index in [4.69, 9.17) is 16.3 Å². The summed E-state index contributed by atoms with van der Waals surface area (Å²) in [6.45, 7) is 2.15. The van der Waals surface area contributed by atoms with Gasteiger partial charge in [-0.05, 0) is 29.8 Å². The van der Waals surface area contributed by atoms with E-state index in [0.717, 1.165) is 28.5 Å². The van der Waals surface area contributed by atoms with Gasteiger partial charge in [-0.25, -0.2) is 4.68 Å². The Hall–Kier alpha value is -2.37. The van der Waals surface area contributed by atoms with Gasteiger partial charge in [-0.3, -0.25) is 0 Å². The second-order valence-corrected chi connectivity index (χ2v) is 6.16. The van der Waals surface area contributed by atoms with E-state index < -0.39 is 0 Å². The number of halogens is 1. The Bertz CT molecular complexity index is 821. The van der Waals surface area contributed by atoms with Crippen LogP contribution in [0.25, 0.3) is 0 Å². The van der Waals surface area contributed by atoms with Gasteiger partial charge in [0.05, 0.1) is 19.3 Å². The molecule has 0 N–H and O–H groups in total. The van der Waals surface area contributed by atoms with Gasteiger partial charge in [-0.1, -0.05) is 47.1 Å². The summed E-state index contributed by atoms with van der Waals surface area (Å²) in [5.41, 5.74) is 3.04. The lowest BCUT2D eigenvalue weighted by atomic mass is 10.2. The van der Waals surface area contributed by atoms with E-state index in [-0.39, 0.29) is 6.23 Å². The molecular weight excluding hydrogens is 324 g/mol. The van der Waals surface area contributed by atoms with Crippen molar-refractivity contribution in [3.05, 3.63) is 77.1 Å². The molecular formula is C18H17ClN4O. The summed E-state index contributed by atoms with van der Waals surface area (Å²) >= 11 is 6.03. The maximum atomic E-state index is 6.03. The highest BCUT2D eigenvalue weighted by atomic mass is 35.5. The Morgan fingerprint density at radius 3 is 2.83 bits per heavy atom. The van der Waals surface area contributed by atoms with E-state index >= 15 is 0 Å². The molecule has 0 radical (unpaired) electrons. The summed E-state index contributed by atoms with van der Waals surface area (Å²) < 4.78 is 7.69.